The van der Waals surface area contributed by atoms with E-state index in [1.165, 1.54) is 5.56 Å². The van der Waals surface area contributed by atoms with E-state index in [0.29, 0.717) is 29.7 Å². The van der Waals surface area contributed by atoms with Crippen molar-refractivity contribution in [1.29, 1.82) is 0 Å². The number of nitrogens with zero attached hydrogens (tertiary/aromatic N) is 1. The number of nitrogens with one attached hydrogen (secondary N) is 1. The first kappa shape index (κ1) is 18.7. The highest BCUT2D eigenvalue weighted by molar-refractivity contribution is 6.35. The minimum Gasteiger partial charge on any atom is -0.352 e. The van der Waals surface area contributed by atoms with Crippen LogP contribution < -0.4 is 5.32 Å². The molecule has 3 rings (SSSR count). The van der Waals surface area contributed by atoms with Crippen LogP contribution in [0.2, 0.25) is 10.0 Å². The lowest BCUT2D eigenvalue weighted by Gasteiger charge is -2.17. The maximum Gasteiger partial charge on any atom is 0.225 e. The average molecular weight is 391 g/mol. The van der Waals surface area contributed by atoms with Gasteiger partial charge >= 0.3 is 0 Å². The Morgan fingerprint density at radius 2 is 1.92 bits per heavy atom. The van der Waals surface area contributed by atoms with E-state index in [1.54, 1.807) is 23.1 Å². The summed E-state index contributed by atoms with van der Waals surface area (Å²) >= 11 is 12.0. The summed E-state index contributed by atoms with van der Waals surface area (Å²) in [5, 5.41) is 3.94. The van der Waals surface area contributed by atoms with Crippen LogP contribution in [0.15, 0.2) is 42.5 Å². The summed E-state index contributed by atoms with van der Waals surface area (Å²) in [7, 11) is 0. The van der Waals surface area contributed by atoms with Crippen LogP contribution in [0.1, 0.15) is 23.1 Å². The topological polar surface area (TPSA) is 49.4 Å². The van der Waals surface area contributed by atoms with Crippen molar-refractivity contribution in [2.45, 2.75) is 26.4 Å². The van der Waals surface area contributed by atoms with Gasteiger partial charge in [0.25, 0.3) is 0 Å². The minimum atomic E-state index is -0.334. The molecule has 1 N–H and O–H groups in total. The summed E-state index contributed by atoms with van der Waals surface area (Å²) in [6.45, 7) is 3.31. The lowest BCUT2D eigenvalue weighted by molar-refractivity contribution is -0.129. The first-order valence-electron chi connectivity index (χ1n) is 8.47. The third kappa shape index (κ3) is 4.57. The Morgan fingerprint density at radius 1 is 1.19 bits per heavy atom. The van der Waals surface area contributed by atoms with Crippen LogP contribution in [-0.4, -0.2) is 23.3 Å². The molecule has 1 aliphatic rings. The van der Waals surface area contributed by atoms with Gasteiger partial charge in [0.1, 0.15) is 0 Å². The number of benzene rings is 2. The fourth-order valence-corrected chi connectivity index (χ4v) is 3.48. The van der Waals surface area contributed by atoms with Crippen LogP contribution in [0.4, 0.5) is 0 Å². The monoisotopic (exact) mass is 390 g/mol. The van der Waals surface area contributed by atoms with Gasteiger partial charge < -0.3 is 10.2 Å². The second-order valence-electron chi connectivity index (χ2n) is 6.61. The number of hydrogen-bond acceptors (Lipinski definition) is 2. The van der Waals surface area contributed by atoms with Gasteiger partial charge in [-0.3, -0.25) is 9.59 Å². The molecule has 2 aromatic rings. The Bertz CT molecular complexity index is 821. The third-order valence-corrected chi connectivity index (χ3v) is 5.13. The molecule has 0 saturated carbocycles. The summed E-state index contributed by atoms with van der Waals surface area (Å²) in [6.07, 6.45) is 0.242. The molecule has 1 saturated heterocycles. The molecule has 6 heteroatoms. The molecular formula is C20H20Cl2N2O2. The van der Waals surface area contributed by atoms with Crippen molar-refractivity contribution in [2.24, 2.45) is 5.92 Å². The smallest absolute Gasteiger partial charge is 0.225 e. The van der Waals surface area contributed by atoms with E-state index in [9.17, 15) is 9.59 Å². The van der Waals surface area contributed by atoms with Gasteiger partial charge in [-0.25, -0.2) is 0 Å². The largest absolute Gasteiger partial charge is 0.352 e. The molecule has 0 spiro atoms. The molecule has 1 fully saturated rings. The van der Waals surface area contributed by atoms with Gasteiger partial charge in [-0.2, -0.15) is 0 Å². The summed E-state index contributed by atoms with van der Waals surface area (Å²) in [4.78, 5) is 26.4. The Balaban J connectivity index is 1.55. The van der Waals surface area contributed by atoms with Crippen molar-refractivity contribution in [3.63, 3.8) is 0 Å². The zero-order valence-electron chi connectivity index (χ0n) is 14.5. The number of amides is 2. The standard InChI is InChI=1S/C20H20Cl2N2O2/c1-13-2-4-14(5-3-13)11-24-12-16(8-19(24)25)20(26)23-10-15-6-7-17(21)9-18(15)22/h2-7,9,16H,8,10-12H2,1H3,(H,23,26)/t16-/m0/s1. The normalized spacial score (nSPS) is 16.8. The molecular weight excluding hydrogens is 371 g/mol. The summed E-state index contributed by atoms with van der Waals surface area (Å²) in [5.41, 5.74) is 3.04. The molecule has 1 heterocycles. The average Bonchev–Trinajstić information content (AvgIpc) is 2.97. The van der Waals surface area contributed by atoms with Gasteiger partial charge in [0.15, 0.2) is 0 Å². The van der Waals surface area contributed by atoms with Gasteiger partial charge in [-0.1, -0.05) is 59.1 Å². The molecule has 2 amide bonds. The first-order chi connectivity index (χ1) is 12.4. The van der Waals surface area contributed by atoms with E-state index in [2.05, 4.69) is 5.32 Å². The molecule has 1 atom stereocenters. The second kappa shape index (κ2) is 8.11. The minimum absolute atomic E-state index is 0.00949. The molecule has 0 bridgehead atoms. The number of hydrogen-bond donors (Lipinski definition) is 1. The highest BCUT2D eigenvalue weighted by atomic mass is 35.5. The van der Waals surface area contributed by atoms with Crippen LogP contribution in [0, 0.1) is 12.8 Å². The Labute approximate surface area is 163 Å². The molecule has 0 unspecified atom stereocenters. The van der Waals surface area contributed by atoms with Crippen molar-refractivity contribution in [3.8, 4) is 0 Å². The van der Waals surface area contributed by atoms with Crippen LogP contribution in [-0.2, 0) is 22.7 Å². The number of likely N-dealkylation sites (tertiary alicyclic amines) is 1. The van der Waals surface area contributed by atoms with E-state index >= 15 is 0 Å². The molecule has 4 nitrogen and oxygen atoms in total. The van der Waals surface area contributed by atoms with Crippen LogP contribution in [0.25, 0.3) is 0 Å². The zero-order chi connectivity index (χ0) is 18.7. The summed E-state index contributed by atoms with van der Waals surface area (Å²) in [6, 6.07) is 13.2. The lowest BCUT2D eigenvalue weighted by atomic mass is 10.1. The van der Waals surface area contributed by atoms with Gasteiger partial charge in [-0.15, -0.1) is 0 Å². The number of rotatable bonds is 5. The predicted molar refractivity (Wildman–Crippen MR) is 103 cm³/mol. The third-order valence-electron chi connectivity index (χ3n) is 4.55. The maximum atomic E-state index is 12.4. The molecule has 0 radical (unpaired) electrons. The first-order valence-corrected chi connectivity index (χ1v) is 9.23. The van der Waals surface area contributed by atoms with E-state index in [4.69, 9.17) is 23.2 Å². The number of carbonyl (C=O) groups is 2. The molecule has 26 heavy (non-hydrogen) atoms. The molecule has 0 aromatic heterocycles. The zero-order valence-corrected chi connectivity index (χ0v) is 16.0. The Kier molecular flexibility index (Phi) is 5.84. The van der Waals surface area contributed by atoms with Crippen molar-refractivity contribution in [3.05, 3.63) is 69.2 Å². The van der Waals surface area contributed by atoms with Gasteiger partial charge in [0.05, 0.1) is 5.92 Å². The molecule has 0 aliphatic carbocycles. The number of aryl methyl sites for hydroxylation is 1. The van der Waals surface area contributed by atoms with Gasteiger partial charge in [0, 0.05) is 36.1 Å². The number of halogens is 2. The fraction of sp³-hybridized carbons (Fsp3) is 0.300. The molecule has 2 aromatic carbocycles. The summed E-state index contributed by atoms with van der Waals surface area (Å²) < 4.78 is 0. The molecule has 1 aliphatic heterocycles. The SMILES string of the molecule is Cc1ccc(CN2C[C@@H](C(=O)NCc3ccc(Cl)cc3Cl)CC2=O)cc1. The summed E-state index contributed by atoms with van der Waals surface area (Å²) in [5.74, 6) is -0.454. The number of carbonyl (C=O) groups excluding carboxylic acids is 2. The molecule has 136 valence electrons. The van der Waals surface area contributed by atoms with Crippen LogP contribution >= 0.6 is 23.2 Å². The van der Waals surface area contributed by atoms with E-state index in [1.807, 2.05) is 31.2 Å². The van der Waals surface area contributed by atoms with E-state index < -0.39 is 0 Å². The van der Waals surface area contributed by atoms with Crippen molar-refractivity contribution < 1.29 is 9.59 Å². The van der Waals surface area contributed by atoms with Crippen molar-refractivity contribution in [2.75, 3.05) is 6.54 Å². The Hall–Kier alpha value is -2.04. The fourth-order valence-electron chi connectivity index (χ4n) is 3.01. The highest BCUT2D eigenvalue weighted by Crippen LogP contribution is 2.23. The van der Waals surface area contributed by atoms with Gasteiger partial charge in [0.2, 0.25) is 11.8 Å². The van der Waals surface area contributed by atoms with Crippen LogP contribution in [0.3, 0.4) is 0 Å². The Morgan fingerprint density at radius 3 is 2.62 bits per heavy atom. The second-order valence-corrected chi connectivity index (χ2v) is 7.46. The van der Waals surface area contributed by atoms with E-state index in [-0.39, 0.29) is 24.2 Å². The van der Waals surface area contributed by atoms with Gasteiger partial charge in [-0.05, 0) is 30.2 Å². The highest BCUT2D eigenvalue weighted by Gasteiger charge is 2.34. The maximum absolute atomic E-state index is 12.4. The predicted octanol–water partition coefficient (Wildman–Crippen LogP) is 3.97. The van der Waals surface area contributed by atoms with E-state index in [0.717, 1.165) is 11.1 Å². The van der Waals surface area contributed by atoms with Crippen LogP contribution in [0.5, 0.6) is 0 Å². The van der Waals surface area contributed by atoms with Crippen molar-refractivity contribution >= 4 is 35.0 Å². The van der Waals surface area contributed by atoms with Crippen molar-refractivity contribution in [1.82, 2.24) is 10.2 Å². The lowest BCUT2D eigenvalue weighted by Crippen LogP contribution is -2.32. The quantitative estimate of drug-likeness (QED) is 0.839.